The number of nitrogens with two attached hydrogens (primary N) is 1. The Balaban J connectivity index is 1.79. The van der Waals surface area contributed by atoms with Crippen molar-refractivity contribution >= 4 is 23.2 Å². The summed E-state index contributed by atoms with van der Waals surface area (Å²) in [5, 5.41) is 3.31. The summed E-state index contributed by atoms with van der Waals surface area (Å²) in [5.74, 6) is 0.304. The minimum absolute atomic E-state index is 0.0546. The fourth-order valence-electron chi connectivity index (χ4n) is 1.89. The van der Waals surface area contributed by atoms with Crippen LogP contribution in [0.3, 0.4) is 0 Å². The molecule has 0 unspecified atom stereocenters. The van der Waals surface area contributed by atoms with Gasteiger partial charge in [0.25, 0.3) is 5.91 Å². The van der Waals surface area contributed by atoms with Crippen LogP contribution in [0.15, 0.2) is 18.2 Å². The van der Waals surface area contributed by atoms with Crippen LogP contribution in [0.5, 0.6) is 5.75 Å². The zero-order chi connectivity index (χ0) is 13.7. The number of hydrogen-bond donors (Lipinski definition) is 2. The number of amides is 1. The molecule has 1 saturated heterocycles. The third-order valence-electron chi connectivity index (χ3n) is 2.90. The molecule has 0 bridgehead atoms. The third kappa shape index (κ3) is 4.29. The van der Waals surface area contributed by atoms with Crippen LogP contribution in [0.25, 0.3) is 0 Å². The molecule has 1 aliphatic heterocycles. The maximum atomic E-state index is 11.7. The van der Waals surface area contributed by atoms with E-state index in [9.17, 15) is 4.79 Å². The molecule has 1 heterocycles. The van der Waals surface area contributed by atoms with Gasteiger partial charge in [-0.15, -0.1) is 0 Å². The molecule has 1 fully saturated rings. The highest BCUT2D eigenvalue weighted by atomic mass is 35.5. The van der Waals surface area contributed by atoms with Gasteiger partial charge >= 0.3 is 0 Å². The van der Waals surface area contributed by atoms with E-state index in [0.717, 1.165) is 12.8 Å². The maximum Gasteiger partial charge on any atom is 0.258 e. The lowest BCUT2D eigenvalue weighted by Gasteiger charge is -2.23. The summed E-state index contributed by atoms with van der Waals surface area (Å²) in [6.07, 6.45) is 1.68. The van der Waals surface area contributed by atoms with E-state index in [2.05, 4.69) is 5.32 Å². The van der Waals surface area contributed by atoms with Gasteiger partial charge in [0.1, 0.15) is 5.75 Å². The van der Waals surface area contributed by atoms with Crippen molar-refractivity contribution in [2.45, 2.75) is 18.9 Å². The lowest BCUT2D eigenvalue weighted by Crippen LogP contribution is -2.41. The van der Waals surface area contributed by atoms with Gasteiger partial charge < -0.3 is 20.5 Å². The Morgan fingerprint density at radius 2 is 2.21 bits per heavy atom. The highest BCUT2D eigenvalue weighted by molar-refractivity contribution is 6.32. The maximum absolute atomic E-state index is 11.7. The molecule has 0 radical (unpaired) electrons. The van der Waals surface area contributed by atoms with Crippen molar-refractivity contribution in [2.75, 3.05) is 25.6 Å². The summed E-state index contributed by atoms with van der Waals surface area (Å²) < 4.78 is 10.6. The second-order valence-electron chi connectivity index (χ2n) is 4.43. The van der Waals surface area contributed by atoms with E-state index in [1.165, 1.54) is 0 Å². The summed E-state index contributed by atoms with van der Waals surface area (Å²) in [7, 11) is 0. The highest BCUT2D eigenvalue weighted by Gasteiger charge is 2.16. The molecule has 0 aliphatic carbocycles. The number of halogens is 1. The monoisotopic (exact) mass is 284 g/mol. The van der Waals surface area contributed by atoms with E-state index < -0.39 is 0 Å². The first-order valence-electron chi connectivity index (χ1n) is 6.20. The smallest absolute Gasteiger partial charge is 0.258 e. The lowest BCUT2D eigenvalue weighted by molar-refractivity contribution is -0.124. The number of carbonyl (C=O) groups is 1. The molecule has 1 aromatic carbocycles. The van der Waals surface area contributed by atoms with E-state index in [0.29, 0.717) is 29.7 Å². The van der Waals surface area contributed by atoms with E-state index in [-0.39, 0.29) is 18.6 Å². The average Bonchev–Trinajstić information content (AvgIpc) is 2.39. The number of nitrogens with one attached hydrogen (secondary N) is 1. The predicted molar refractivity (Wildman–Crippen MR) is 73.3 cm³/mol. The predicted octanol–water partition coefficient (Wildman–Crippen LogP) is 1.60. The highest BCUT2D eigenvalue weighted by Crippen LogP contribution is 2.26. The van der Waals surface area contributed by atoms with Crippen molar-refractivity contribution in [3.8, 4) is 5.75 Å². The fourth-order valence-corrected chi connectivity index (χ4v) is 2.13. The molecule has 0 saturated carbocycles. The molecule has 1 amide bonds. The van der Waals surface area contributed by atoms with E-state index >= 15 is 0 Å². The minimum Gasteiger partial charge on any atom is -0.482 e. The normalized spacial score (nSPS) is 16.1. The van der Waals surface area contributed by atoms with Crippen LogP contribution in [-0.2, 0) is 9.53 Å². The van der Waals surface area contributed by atoms with Crippen molar-refractivity contribution < 1.29 is 14.3 Å². The Morgan fingerprint density at radius 3 is 2.89 bits per heavy atom. The first kappa shape index (κ1) is 14.0. The number of ether oxygens (including phenoxy) is 2. The van der Waals surface area contributed by atoms with Gasteiger partial charge in [-0.3, -0.25) is 4.79 Å². The molecule has 0 aromatic heterocycles. The van der Waals surface area contributed by atoms with Gasteiger partial charge in [0.05, 0.1) is 5.02 Å². The van der Waals surface area contributed by atoms with Crippen molar-refractivity contribution in [1.82, 2.24) is 5.32 Å². The van der Waals surface area contributed by atoms with Crippen molar-refractivity contribution in [3.05, 3.63) is 23.2 Å². The quantitative estimate of drug-likeness (QED) is 0.824. The number of carbonyl (C=O) groups excluding carboxylic acids is 1. The van der Waals surface area contributed by atoms with Gasteiger partial charge in [0.2, 0.25) is 0 Å². The molecule has 2 rings (SSSR count). The summed E-state index contributed by atoms with van der Waals surface area (Å²) in [6.45, 7) is 1.33. The molecule has 3 N–H and O–H groups in total. The molecule has 0 atom stereocenters. The number of hydrogen-bond acceptors (Lipinski definition) is 4. The molecular formula is C13H17ClN2O3. The zero-order valence-corrected chi connectivity index (χ0v) is 11.3. The molecule has 1 aliphatic rings. The number of rotatable bonds is 4. The zero-order valence-electron chi connectivity index (χ0n) is 10.5. The average molecular weight is 285 g/mol. The van der Waals surface area contributed by atoms with Crippen LogP contribution in [0, 0.1) is 0 Å². The van der Waals surface area contributed by atoms with Crippen LogP contribution < -0.4 is 15.8 Å². The molecule has 5 nitrogen and oxygen atoms in total. The standard InChI is InChI=1S/C13H17ClN2O3/c14-11-7-9(15)1-2-12(11)19-8-13(17)16-10-3-5-18-6-4-10/h1-2,7,10H,3-6,8,15H2,(H,16,17). The van der Waals surface area contributed by atoms with Crippen molar-refractivity contribution in [3.63, 3.8) is 0 Å². The number of anilines is 1. The molecular weight excluding hydrogens is 268 g/mol. The first-order chi connectivity index (χ1) is 9.15. The summed E-state index contributed by atoms with van der Waals surface area (Å²) in [6, 6.07) is 5.09. The van der Waals surface area contributed by atoms with E-state index in [1.54, 1.807) is 18.2 Å². The largest absolute Gasteiger partial charge is 0.482 e. The molecule has 19 heavy (non-hydrogen) atoms. The van der Waals surface area contributed by atoms with Gasteiger partial charge in [-0.05, 0) is 31.0 Å². The first-order valence-corrected chi connectivity index (χ1v) is 6.58. The van der Waals surface area contributed by atoms with Crippen LogP contribution in [0.1, 0.15) is 12.8 Å². The summed E-state index contributed by atoms with van der Waals surface area (Å²) >= 11 is 5.95. The third-order valence-corrected chi connectivity index (χ3v) is 3.20. The topological polar surface area (TPSA) is 73.6 Å². The van der Waals surface area contributed by atoms with Gasteiger partial charge in [-0.1, -0.05) is 11.6 Å². The van der Waals surface area contributed by atoms with Gasteiger partial charge in [0, 0.05) is 24.9 Å². The van der Waals surface area contributed by atoms with Crippen LogP contribution in [0.2, 0.25) is 5.02 Å². The summed E-state index contributed by atoms with van der Waals surface area (Å²) in [4.78, 5) is 11.7. The summed E-state index contributed by atoms with van der Waals surface area (Å²) in [5.41, 5.74) is 6.14. The number of nitrogen functional groups attached to an aromatic ring is 1. The van der Waals surface area contributed by atoms with E-state index in [4.69, 9.17) is 26.8 Å². The Hall–Kier alpha value is -1.46. The molecule has 1 aromatic rings. The van der Waals surface area contributed by atoms with E-state index in [1.807, 2.05) is 0 Å². The van der Waals surface area contributed by atoms with Gasteiger partial charge in [0.15, 0.2) is 6.61 Å². The van der Waals surface area contributed by atoms with Crippen LogP contribution in [0.4, 0.5) is 5.69 Å². The molecule has 6 heteroatoms. The Kier molecular flexibility index (Phi) is 4.87. The SMILES string of the molecule is Nc1ccc(OCC(=O)NC2CCOCC2)c(Cl)c1. The molecule has 0 spiro atoms. The number of benzene rings is 1. The fraction of sp³-hybridized carbons (Fsp3) is 0.462. The van der Waals surface area contributed by atoms with Crippen molar-refractivity contribution in [1.29, 1.82) is 0 Å². The minimum atomic E-state index is -0.153. The Bertz CT molecular complexity index is 448. The molecule has 104 valence electrons. The van der Waals surface area contributed by atoms with Gasteiger partial charge in [-0.25, -0.2) is 0 Å². The van der Waals surface area contributed by atoms with Crippen LogP contribution in [-0.4, -0.2) is 31.8 Å². The second-order valence-corrected chi connectivity index (χ2v) is 4.84. The Labute approximate surface area is 117 Å². The van der Waals surface area contributed by atoms with Crippen molar-refractivity contribution in [2.24, 2.45) is 0 Å². The van der Waals surface area contributed by atoms with Gasteiger partial charge in [-0.2, -0.15) is 0 Å². The Morgan fingerprint density at radius 1 is 1.47 bits per heavy atom. The second kappa shape index (κ2) is 6.63. The lowest BCUT2D eigenvalue weighted by atomic mass is 10.1. The van der Waals surface area contributed by atoms with Crippen LogP contribution >= 0.6 is 11.6 Å².